The molecule has 0 saturated heterocycles. The molecular weight excluding hydrogens is 444 g/mol. The number of pyridine rings is 1. The number of imidazole rings is 1. The van der Waals surface area contributed by atoms with Crippen molar-refractivity contribution in [3.8, 4) is 17.0 Å². The molecule has 172 valence electrons. The highest BCUT2D eigenvalue weighted by atomic mass is 32.1. The first-order valence-electron chi connectivity index (χ1n) is 11.1. The summed E-state index contributed by atoms with van der Waals surface area (Å²) in [7, 11) is 5.43. The van der Waals surface area contributed by atoms with Gasteiger partial charge in [0.05, 0.1) is 25.0 Å². The van der Waals surface area contributed by atoms with E-state index >= 15 is 0 Å². The van der Waals surface area contributed by atoms with Gasteiger partial charge in [-0.1, -0.05) is 47.2 Å². The van der Waals surface area contributed by atoms with Gasteiger partial charge in [0.2, 0.25) is 5.52 Å². The van der Waals surface area contributed by atoms with Crippen LogP contribution in [0, 0.1) is 13.8 Å². The molecule has 0 aliphatic carbocycles. The number of hydrogen-bond acceptors (Lipinski definition) is 4. The van der Waals surface area contributed by atoms with Crippen LogP contribution in [0.2, 0.25) is 0 Å². The van der Waals surface area contributed by atoms with E-state index < -0.39 is 0 Å². The fourth-order valence-electron chi connectivity index (χ4n) is 4.20. The lowest BCUT2D eigenvalue weighted by atomic mass is 10.1. The van der Waals surface area contributed by atoms with Crippen LogP contribution in [0.5, 0.6) is 5.75 Å². The zero-order valence-corrected chi connectivity index (χ0v) is 20.8. The van der Waals surface area contributed by atoms with E-state index in [1.54, 1.807) is 12.0 Å². The topological polar surface area (TPSA) is 50.7 Å². The second kappa shape index (κ2) is 8.57. The summed E-state index contributed by atoms with van der Waals surface area (Å²) in [5.41, 5.74) is 7.15. The van der Waals surface area contributed by atoms with Crippen LogP contribution in [-0.4, -0.2) is 34.3 Å². The molecule has 6 nitrogen and oxygen atoms in total. The van der Waals surface area contributed by atoms with Crippen molar-refractivity contribution < 1.29 is 14.1 Å². The Balaban J connectivity index is 1.55. The fraction of sp³-hybridized carbons (Fsp3) is 0.222. The molecule has 1 amide bonds. The minimum Gasteiger partial charge on any atom is -0.497 e. The maximum Gasteiger partial charge on any atom is 0.330 e. The lowest BCUT2D eigenvalue weighted by molar-refractivity contribution is -0.642. The molecule has 0 bridgehead atoms. The zero-order chi connectivity index (χ0) is 24.0. The van der Waals surface area contributed by atoms with Gasteiger partial charge in [-0.15, -0.1) is 0 Å². The standard InChI is InChI=1S/C27H27N4O2S/c1-17-6-9-19(10-7-17)25-22(31-15-18(2)8-13-24(31)28-25)16-29(3)26(32)27-30(4)21-12-11-20(33-5)14-23(21)34-27/h6-15H,16H2,1-5H3/q+1. The van der Waals surface area contributed by atoms with Gasteiger partial charge < -0.3 is 14.0 Å². The monoisotopic (exact) mass is 471 g/mol. The molecule has 0 aliphatic heterocycles. The van der Waals surface area contributed by atoms with E-state index in [-0.39, 0.29) is 5.91 Å². The van der Waals surface area contributed by atoms with E-state index in [1.807, 2.05) is 42.9 Å². The molecule has 34 heavy (non-hydrogen) atoms. The fourth-order valence-corrected chi connectivity index (χ4v) is 5.37. The molecule has 0 spiro atoms. The van der Waals surface area contributed by atoms with Crippen LogP contribution >= 0.6 is 11.3 Å². The highest BCUT2D eigenvalue weighted by Crippen LogP contribution is 2.28. The third-order valence-corrected chi connectivity index (χ3v) is 7.34. The molecule has 0 atom stereocenters. The number of carbonyl (C=O) groups excluding carboxylic acids is 1. The van der Waals surface area contributed by atoms with E-state index in [9.17, 15) is 4.79 Å². The van der Waals surface area contributed by atoms with Gasteiger partial charge in [-0.2, -0.15) is 4.57 Å². The summed E-state index contributed by atoms with van der Waals surface area (Å²) < 4.78 is 10.4. The first kappa shape index (κ1) is 22.1. The van der Waals surface area contributed by atoms with Crippen LogP contribution in [0.3, 0.4) is 0 Å². The molecule has 0 fully saturated rings. The molecule has 5 rings (SSSR count). The number of ether oxygens (including phenoxy) is 1. The summed E-state index contributed by atoms with van der Waals surface area (Å²) in [5.74, 6) is 0.755. The number of nitrogens with zero attached hydrogens (tertiary/aromatic N) is 4. The maximum atomic E-state index is 13.6. The van der Waals surface area contributed by atoms with Crippen molar-refractivity contribution in [3.05, 3.63) is 82.6 Å². The molecule has 0 N–H and O–H groups in total. The highest BCUT2D eigenvalue weighted by molar-refractivity contribution is 7.19. The van der Waals surface area contributed by atoms with Gasteiger partial charge in [0.25, 0.3) is 0 Å². The van der Waals surface area contributed by atoms with Crippen molar-refractivity contribution in [2.24, 2.45) is 7.05 Å². The number of benzene rings is 2. The van der Waals surface area contributed by atoms with Gasteiger partial charge in [-0.25, -0.2) is 4.98 Å². The number of hydrogen-bond donors (Lipinski definition) is 0. The molecule has 5 aromatic rings. The highest BCUT2D eigenvalue weighted by Gasteiger charge is 2.28. The van der Waals surface area contributed by atoms with Crippen LogP contribution in [0.4, 0.5) is 0 Å². The van der Waals surface area contributed by atoms with Crippen LogP contribution in [0.15, 0.2) is 60.8 Å². The predicted molar refractivity (Wildman–Crippen MR) is 135 cm³/mol. The van der Waals surface area contributed by atoms with Gasteiger partial charge in [0.15, 0.2) is 0 Å². The third-order valence-electron chi connectivity index (χ3n) is 6.15. The van der Waals surface area contributed by atoms with Crippen molar-refractivity contribution in [3.63, 3.8) is 0 Å². The Labute approximate surface area is 202 Å². The first-order chi connectivity index (χ1) is 16.4. The first-order valence-corrected chi connectivity index (χ1v) is 11.9. The minimum atomic E-state index is -0.0277. The SMILES string of the molecule is COc1ccc2c(c1)sc(C(=O)N(C)Cc1c(-c3ccc(C)cc3)nc3ccc(C)cn13)[n+]2C. The Morgan fingerprint density at radius 1 is 1.09 bits per heavy atom. The molecule has 2 aromatic carbocycles. The lowest BCUT2D eigenvalue weighted by Crippen LogP contribution is -2.39. The van der Waals surface area contributed by atoms with Crippen molar-refractivity contribution in [2.45, 2.75) is 20.4 Å². The van der Waals surface area contributed by atoms with Crippen molar-refractivity contribution >= 4 is 33.1 Å². The van der Waals surface area contributed by atoms with Gasteiger partial charge >= 0.3 is 10.9 Å². The smallest absolute Gasteiger partial charge is 0.330 e. The van der Waals surface area contributed by atoms with Crippen LogP contribution in [0.25, 0.3) is 27.1 Å². The Kier molecular flexibility index (Phi) is 5.57. The van der Waals surface area contributed by atoms with Gasteiger partial charge in [-0.3, -0.25) is 4.79 Å². The average Bonchev–Trinajstić information content (AvgIpc) is 3.36. The number of fused-ring (bicyclic) bond motifs is 2. The molecule has 0 aliphatic rings. The number of methoxy groups -OCH3 is 1. The Bertz CT molecular complexity index is 1530. The third kappa shape index (κ3) is 3.82. The van der Waals surface area contributed by atoms with E-state index in [4.69, 9.17) is 9.72 Å². The molecule has 0 saturated carbocycles. The molecular formula is C27H27N4O2S+. The van der Waals surface area contributed by atoms with Crippen molar-refractivity contribution in [2.75, 3.05) is 14.2 Å². The summed E-state index contributed by atoms with van der Waals surface area (Å²) in [6.07, 6.45) is 2.08. The van der Waals surface area contributed by atoms with Gasteiger partial charge in [0, 0.05) is 30.9 Å². The second-order valence-electron chi connectivity index (χ2n) is 8.67. The van der Waals surface area contributed by atoms with Crippen LogP contribution in [0.1, 0.15) is 26.6 Å². The van der Waals surface area contributed by atoms with Crippen LogP contribution in [-0.2, 0) is 13.6 Å². The lowest BCUT2D eigenvalue weighted by Gasteiger charge is -2.16. The Morgan fingerprint density at radius 3 is 2.56 bits per heavy atom. The predicted octanol–water partition coefficient (Wildman–Crippen LogP) is 4.94. The van der Waals surface area contributed by atoms with Crippen molar-refractivity contribution in [1.82, 2.24) is 14.3 Å². The average molecular weight is 472 g/mol. The van der Waals surface area contributed by atoms with E-state index in [1.165, 1.54) is 16.9 Å². The Hall–Kier alpha value is -3.71. The van der Waals surface area contributed by atoms with Crippen LogP contribution < -0.4 is 9.30 Å². The van der Waals surface area contributed by atoms with Crippen molar-refractivity contribution in [1.29, 1.82) is 0 Å². The van der Waals surface area contributed by atoms with Gasteiger partial charge in [-0.05, 0) is 31.5 Å². The molecule has 0 unspecified atom stereocenters. The maximum absolute atomic E-state index is 13.6. The number of carbonyl (C=O) groups is 1. The quantitative estimate of drug-likeness (QED) is 0.341. The second-order valence-corrected chi connectivity index (χ2v) is 9.70. The number of amides is 1. The minimum absolute atomic E-state index is 0.0277. The largest absolute Gasteiger partial charge is 0.497 e. The summed E-state index contributed by atoms with van der Waals surface area (Å²) in [6, 6.07) is 18.3. The van der Waals surface area contributed by atoms with E-state index in [0.717, 1.165) is 44.1 Å². The van der Waals surface area contributed by atoms with Gasteiger partial charge in [0.1, 0.15) is 23.1 Å². The normalized spacial score (nSPS) is 11.3. The number of rotatable bonds is 5. The summed E-state index contributed by atoms with van der Waals surface area (Å²) in [4.78, 5) is 20.3. The van der Waals surface area contributed by atoms with E-state index in [2.05, 4.69) is 54.8 Å². The zero-order valence-electron chi connectivity index (χ0n) is 20.0. The molecule has 3 heterocycles. The molecule has 3 aromatic heterocycles. The number of aromatic nitrogens is 3. The summed E-state index contributed by atoms with van der Waals surface area (Å²) in [6.45, 7) is 4.57. The summed E-state index contributed by atoms with van der Waals surface area (Å²) >= 11 is 1.48. The Morgan fingerprint density at radius 2 is 1.82 bits per heavy atom. The molecule has 7 heteroatoms. The summed E-state index contributed by atoms with van der Waals surface area (Å²) in [5, 5.41) is 0.674. The number of thiazole rings is 1. The van der Waals surface area contributed by atoms with E-state index in [0.29, 0.717) is 11.6 Å². The number of aryl methyl sites for hydroxylation is 3. The molecule has 0 radical (unpaired) electrons.